The fourth-order valence-corrected chi connectivity index (χ4v) is 3.62. The summed E-state index contributed by atoms with van der Waals surface area (Å²) >= 11 is 0. The van der Waals surface area contributed by atoms with E-state index in [4.69, 9.17) is 4.52 Å². The first-order valence-corrected chi connectivity index (χ1v) is 9.56. The van der Waals surface area contributed by atoms with Crippen molar-refractivity contribution in [3.05, 3.63) is 59.9 Å². The van der Waals surface area contributed by atoms with Crippen LogP contribution < -0.4 is 9.80 Å². The van der Waals surface area contributed by atoms with Crippen LogP contribution in [0.1, 0.15) is 30.7 Å². The van der Waals surface area contributed by atoms with Gasteiger partial charge in [-0.3, -0.25) is 4.79 Å². The molecule has 0 N–H and O–H groups in total. The molecule has 1 aliphatic rings. The number of carbonyl (C=O) groups excluding carboxylic acids is 1. The van der Waals surface area contributed by atoms with E-state index in [-0.39, 0.29) is 11.8 Å². The first-order chi connectivity index (χ1) is 13.6. The summed E-state index contributed by atoms with van der Waals surface area (Å²) in [4.78, 5) is 21.1. The van der Waals surface area contributed by atoms with Crippen LogP contribution >= 0.6 is 0 Å². The van der Waals surface area contributed by atoms with Crippen molar-refractivity contribution in [1.82, 2.24) is 10.1 Å². The number of hydrogen-bond acceptors (Lipinski definition) is 5. The summed E-state index contributed by atoms with van der Waals surface area (Å²) in [5.41, 5.74) is 4.10. The van der Waals surface area contributed by atoms with Crippen molar-refractivity contribution in [2.75, 3.05) is 30.4 Å². The zero-order valence-electron chi connectivity index (χ0n) is 16.4. The highest BCUT2D eigenvalue weighted by atomic mass is 16.5. The summed E-state index contributed by atoms with van der Waals surface area (Å²) in [6.07, 6.45) is 1.29. The number of hydrogen-bond donors (Lipinski definition) is 0. The molecule has 0 aliphatic carbocycles. The van der Waals surface area contributed by atoms with Gasteiger partial charge < -0.3 is 14.3 Å². The van der Waals surface area contributed by atoms with Gasteiger partial charge in [-0.2, -0.15) is 4.98 Å². The second-order valence-corrected chi connectivity index (χ2v) is 7.29. The lowest BCUT2D eigenvalue weighted by Crippen LogP contribution is -2.25. The highest BCUT2D eigenvalue weighted by molar-refractivity contribution is 5.97. The molecule has 144 valence electrons. The predicted molar refractivity (Wildman–Crippen MR) is 110 cm³/mol. The van der Waals surface area contributed by atoms with E-state index < -0.39 is 0 Å². The Hall–Kier alpha value is -3.15. The van der Waals surface area contributed by atoms with Gasteiger partial charge in [0.15, 0.2) is 5.82 Å². The molecule has 0 bridgehead atoms. The Morgan fingerprint density at radius 2 is 2.00 bits per heavy atom. The second kappa shape index (κ2) is 7.46. The minimum absolute atomic E-state index is 0.0630. The number of aryl methyl sites for hydroxylation is 1. The quantitative estimate of drug-likeness (QED) is 0.676. The van der Waals surface area contributed by atoms with Gasteiger partial charge in [-0.15, -0.1) is 0 Å². The van der Waals surface area contributed by atoms with Crippen LogP contribution in [-0.4, -0.2) is 36.7 Å². The van der Waals surface area contributed by atoms with Crippen molar-refractivity contribution in [3.63, 3.8) is 0 Å². The Labute approximate surface area is 164 Å². The number of para-hydroxylation sites is 1. The summed E-state index contributed by atoms with van der Waals surface area (Å²) in [7, 11) is 3.98. The van der Waals surface area contributed by atoms with Crippen molar-refractivity contribution in [2.45, 2.75) is 25.7 Å². The molecule has 28 heavy (non-hydrogen) atoms. The van der Waals surface area contributed by atoms with Crippen LogP contribution in [0.25, 0.3) is 11.5 Å². The van der Waals surface area contributed by atoms with Gasteiger partial charge in [0.25, 0.3) is 5.89 Å². The van der Waals surface area contributed by atoms with Crippen LogP contribution in [0.5, 0.6) is 0 Å². The monoisotopic (exact) mass is 376 g/mol. The molecule has 0 saturated carbocycles. The molecule has 1 fully saturated rings. The van der Waals surface area contributed by atoms with Crippen LogP contribution in [-0.2, 0) is 11.2 Å². The standard InChI is InChI=1S/C22H24N4O2/c1-4-15-8-5-6-11-19(15)26-14-17(13-20(26)27)21-23-22(28-24-21)16-9-7-10-18(12-16)25(2)3/h5-12,17H,4,13-14H2,1-3H3. The largest absolute Gasteiger partial charge is 0.378 e. The van der Waals surface area contributed by atoms with Crippen LogP contribution in [0.3, 0.4) is 0 Å². The minimum atomic E-state index is -0.0630. The van der Waals surface area contributed by atoms with Gasteiger partial charge in [-0.05, 0) is 36.2 Å². The van der Waals surface area contributed by atoms with Crippen LogP contribution in [0.4, 0.5) is 11.4 Å². The topological polar surface area (TPSA) is 62.5 Å². The maximum absolute atomic E-state index is 12.7. The van der Waals surface area contributed by atoms with Crippen molar-refractivity contribution in [1.29, 1.82) is 0 Å². The van der Waals surface area contributed by atoms with E-state index >= 15 is 0 Å². The lowest BCUT2D eigenvalue weighted by molar-refractivity contribution is -0.117. The lowest BCUT2D eigenvalue weighted by atomic mass is 10.1. The van der Waals surface area contributed by atoms with E-state index in [2.05, 4.69) is 23.1 Å². The first kappa shape index (κ1) is 18.2. The molecule has 0 radical (unpaired) electrons. The zero-order valence-corrected chi connectivity index (χ0v) is 16.4. The number of aromatic nitrogens is 2. The SMILES string of the molecule is CCc1ccccc1N1CC(c2noc(-c3cccc(N(C)C)c3)n2)CC1=O. The molecule has 2 heterocycles. The molecule has 1 amide bonds. The van der Waals surface area contributed by atoms with Crippen molar-refractivity contribution in [2.24, 2.45) is 0 Å². The highest BCUT2D eigenvalue weighted by Gasteiger charge is 2.35. The molecule has 4 rings (SSSR count). The number of carbonyl (C=O) groups is 1. The smallest absolute Gasteiger partial charge is 0.258 e. The first-order valence-electron chi connectivity index (χ1n) is 9.56. The van der Waals surface area contributed by atoms with E-state index in [0.717, 1.165) is 23.4 Å². The third kappa shape index (κ3) is 3.38. The van der Waals surface area contributed by atoms with Gasteiger partial charge >= 0.3 is 0 Å². The molecule has 2 aromatic carbocycles. The average Bonchev–Trinajstić information content (AvgIpc) is 3.35. The van der Waals surface area contributed by atoms with Crippen molar-refractivity contribution >= 4 is 17.3 Å². The number of anilines is 2. The van der Waals surface area contributed by atoms with Gasteiger partial charge in [0, 0.05) is 49.9 Å². The molecule has 1 aliphatic heterocycles. The molecule has 0 spiro atoms. The molecular weight excluding hydrogens is 352 g/mol. The number of benzene rings is 2. The average molecular weight is 376 g/mol. The van der Waals surface area contributed by atoms with Crippen LogP contribution in [0, 0.1) is 0 Å². The number of nitrogens with zero attached hydrogens (tertiary/aromatic N) is 4. The number of amides is 1. The Bertz CT molecular complexity index is 995. The summed E-state index contributed by atoms with van der Waals surface area (Å²) < 4.78 is 5.51. The minimum Gasteiger partial charge on any atom is -0.378 e. The molecule has 1 saturated heterocycles. The summed E-state index contributed by atoms with van der Waals surface area (Å²) in [6, 6.07) is 16.0. The summed E-state index contributed by atoms with van der Waals surface area (Å²) in [6.45, 7) is 2.68. The third-order valence-electron chi connectivity index (χ3n) is 5.20. The molecule has 6 nitrogen and oxygen atoms in total. The van der Waals surface area contributed by atoms with Gasteiger partial charge in [-0.1, -0.05) is 36.3 Å². The van der Waals surface area contributed by atoms with Crippen LogP contribution in [0.2, 0.25) is 0 Å². The van der Waals surface area contributed by atoms with Crippen molar-refractivity contribution < 1.29 is 9.32 Å². The Morgan fingerprint density at radius 3 is 2.79 bits per heavy atom. The molecule has 3 aromatic rings. The maximum Gasteiger partial charge on any atom is 0.258 e. The fourth-order valence-electron chi connectivity index (χ4n) is 3.62. The zero-order chi connectivity index (χ0) is 19.7. The van der Waals surface area contributed by atoms with E-state index in [1.54, 1.807) is 0 Å². The lowest BCUT2D eigenvalue weighted by Gasteiger charge is -2.19. The highest BCUT2D eigenvalue weighted by Crippen LogP contribution is 2.33. The van der Waals surface area contributed by atoms with E-state index in [0.29, 0.717) is 24.7 Å². The Balaban J connectivity index is 1.57. The van der Waals surface area contributed by atoms with Gasteiger partial charge in [0.05, 0.1) is 0 Å². The summed E-state index contributed by atoms with van der Waals surface area (Å²) in [5, 5.41) is 4.18. The van der Waals surface area contributed by atoms with E-state index in [1.807, 2.05) is 66.4 Å². The molecule has 1 aromatic heterocycles. The predicted octanol–water partition coefficient (Wildman–Crippen LogP) is 3.89. The number of rotatable bonds is 5. The van der Waals surface area contributed by atoms with Gasteiger partial charge in [-0.25, -0.2) is 0 Å². The molecule has 1 atom stereocenters. The Kier molecular flexibility index (Phi) is 4.86. The second-order valence-electron chi connectivity index (χ2n) is 7.29. The third-order valence-corrected chi connectivity index (χ3v) is 5.20. The molecular formula is C22H24N4O2. The van der Waals surface area contributed by atoms with Gasteiger partial charge in [0.2, 0.25) is 5.91 Å². The fraction of sp³-hybridized carbons (Fsp3) is 0.318. The normalized spacial score (nSPS) is 16.6. The van der Waals surface area contributed by atoms with E-state index in [1.165, 1.54) is 5.56 Å². The Morgan fingerprint density at radius 1 is 1.18 bits per heavy atom. The maximum atomic E-state index is 12.7. The van der Waals surface area contributed by atoms with Crippen molar-refractivity contribution in [3.8, 4) is 11.5 Å². The van der Waals surface area contributed by atoms with Gasteiger partial charge in [0.1, 0.15) is 0 Å². The molecule has 6 heteroatoms. The van der Waals surface area contributed by atoms with Crippen LogP contribution in [0.15, 0.2) is 53.1 Å². The molecule has 1 unspecified atom stereocenters. The summed E-state index contributed by atoms with van der Waals surface area (Å²) in [5.74, 6) is 1.12. The van der Waals surface area contributed by atoms with E-state index in [9.17, 15) is 4.79 Å².